The van der Waals surface area contributed by atoms with Crippen molar-refractivity contribution in [2.75, 3.05) is 13.2 Å². The van der Waals surface area contributed by atoms with Crippen LogP contribution < -0.4 is 20.9 Å². The zero-order valence-electron chi connectivity index (χ0n) is 16.2. The van der Waals surface area contributed by atoms with Gasteiger partial charge in [0.2, 0.25) is 0 Å². The van der Waals surface area contributed by atoms with Gasteiger partial charge in [0.15, 0.2) is 10.9 Å². The van der Waals surface area contributed by atoms with Crippen LogP contribution in [0, 0.1) is 0 Å². The lowest BCUT2D eigenvalue weighted by molar-refractivity contribution is 0.0911. The Bertz CT molecular complexity index is 877. The molecule has 7 nitrogen and oxygen atoms in total. The fourth-order valence-corrected chi connectivity index (χ4v) is 3.74. The molecule has 29 heavy (non-hydrogen) atoms. The topological polar surface area (TPSA) is 84.8 Å². The van der Waals surface area contributed by atoms with Crippen LogP contribution in [0.25, 0.3) is 0 Å². The summed E-state index contributed by atoms with van der Waals surface area (Å²) in [6.07, 6.45) is 5.72. The third kappa shape index (κ3) is 5.27. The van der Waals surface area contributed by atoms with E-state index in [1.807, 2.05) is 6.07 Å². The van der Waals surface area contributed by atoms with Crippen LogP contribution in [0.3, 0.4) is 0 Å². The lowest BCUT2D eigenvalue weighted by Gasteiger charge is -2.14. The lowest BCUT2D eigenvalue weighted by atomic mass is 10.1. The van der Waals surface area contributed by atoms with E-state index < -0.39 is 5.91 Å². The van der Waals surface area contributed by atoms with E-state index in [-0.39, 0.29) is 18.5 Å². The maximum Gasteiger partial charge on any atom is 0.305 e. The van der Waals surface area contributed by atoms with Crippen LogP contribution >= 0.6 is 12.2 Å². The van der Waals surface area contributed by atoms with Crippen molar-refractivity contribution in [3.63, 3.8) is 0 Å². The van der Waals surface area contributed by atoms with Gasteiger partial charge in [-0.15, -0.1) is 0 Å². The summed E-state index contributed by atoms with van der Waals surface area (Å²) in [6, 6.07) is 9.54. The first-order valence-corrected chi connectivity index (χ1v) is 10.4. The van der Waals surface area contributed by atoms with E-state index >= 15 is 0 Å². The minimum atomic E-state index is -0.407. The normalized spacial score (nSPS) is 17.6. The number of thiocarbonyl (C=S) groups is 1. The molecule has 1 fully saturated rings. The highest BCUT2D eigenvalue weighted by atomic mass is 32.1. The van der Waals surface area contributed by atoms with Gasteiger partial charge in [0, 0.05) is 13.2 Å². The third-order valence-corrected chi connectivity index (χ3v) is 5.39. The predicted octanol–water partition coefficient (Wildman–Crippen LogP) is 2.64. The first-order valence-electron chi connectivity index (χ1n) is 9.96. The monoisotopic (exact) mass is 415 g/mol. The molecule has 3 N–H and O–H groups in total. The van der Waals surface area contributed by atoms with Crippen LogP contribution in [0.15, 0.2) is 34.7 Å². The fourth-order valence-electron chi connectivity index (χ4n) is 3.60. The Labute approximate surface area is 175 Å². The molecule has 1 aromatic heterocycles. The average molecular weight is 416 g/mol. The number of amides is 1. The number of hydrogen-bond donors (Lipinski definition) is 3. The van der Waals surface area contributed by atoms with Crippen molar-refractivity contribution in [2.24, 2.45) is 0 Å². The quantitative estimate of drug-likeness (QED) is 0.494. The van der Waals surface area contributed by atoms with Crippen molar-refractivity contribution in [1.82, 2.24) is 16.2 Å². The molecule has 1 aromatic carbocycles. The Hall–Kier alpha value is -2.58. The molecule has 0 saturated carbocycles. The van der Waals surface area contributed by atoms with E-state index in [2.05, 4.69) is 28.3 Å². The van der Waals surface area contributed by atoms with E-state index in [0.29, 0.717) is 17.4 Å². The molecule has 1 amide bonds. The SMILES string of the molecule is O=C(NNC(=S)NCC1CCCO1)c1ccc(COc2ccc3c(c2)CCC3)o1. The maximum absolute atomic E-state index is 12.2. The van der Waals surface area contributed by atoms with Crippen LogP contribution in [0.1, 0.15) is 46.7 Å². The number of furan rings is 1. The summed E-state index contributed by atoms with van der Waals surface area (Å²) in [4.78, 5) is 12.2. The zero-order chi connectivity index (χ0) is 20.1. The van der Waals surface area contributed by atoms with Crippen molar-refractivity contribution in [2.45, 2.75) is 44.8 Å². The average Bonchev–Trinajstić information content (AvgIpc) is 3.49. The molecular formula is C21H25N3O4S. The molecule has 2 aliphatic rings. The molecule has 1 aliphatic heterocycles. The first-order chi connectivity index (χ1) is 14.2. The minimum absolute atomic E-state index is 0.170. The van der Waals surface area contributed by atoms with E-state index in [1.165, 1.54) is 17.5 Å². The molecule has 4 rings (SSSR count). The van der Waals surface area contributed by atoms with E-state index in [4.69, 9.17) is 26.1 Å². The summed E-state index contributed by atoms with van der Waals surface area (Å²) in [5.74, 6) is 1.18. The smallest absolute Gasteiger partial charge is 0.305 e. The van der Waals surface area contributed by atoms with Crippen molar-refractivity contribution in [3.05, 3.63) is 53.0 Å². The molecule has 1 saturated heterocycles. The fraction of sp³-hybridized carbons (Fsp3) is 0.429. The number of rotatable bonds is 6. The van der Waals surface area contributed by atoms with Gasteiger partial charge in [-0.05, 0) is 79.7 Å². The minimum Gasteiger partial charge on any atom is -0.486 e. The number of benzene rings is 1. The Morgan fingerprint density at radius 1 is 1.14 bits per heavy atom. The number of nitrogens with one attached hydrogen (secondary N) is 3. The molecule has 0 bridgehead atoms. The lowest BCUT2D eigenvalue weighted by Crippen LogP contribution is -2.48. The van der Waals surface area contributed by atoms with Crippen LogP contribution in [-0.2, 0) is 24.2 Å². The Balaban J connectivity index is 1.20. The Morgan fingerprint density at radius 2 is 2.03 bits per heavy atom. The summed E-state index contributed by atoms with van der Waals surface area (Å²) in [6.45, 7) is 1.67. The van der Waals surface area contributed by atoms with Gasteiger partial charge in [0.1, 0.15) is 18.1 Å². The molecule has 0 radical (unpaired) electrons. The number of carbonyl (C=O) groups excluding carboxylic acids is 1. The second kappa shape index (κ2) is 9.28. The number of hydrogen-bond acceptors (Lipinski definition) is 5. The van der Waals surface area contributed by atoms with Gasteiger partial charge in [0.05, 0.1) is 6.10 Å². The van der Waals surface area contributed by atoms with Gasteiger partial charge in [0.25, 0.3) is 0 Å². The molecule has 1 atom stereocenters. The molecule has 1 unspecified atom stereocenters. The molecule has 2 aromatic rings. The van der Waals surface area contributed by atoms with E-state index in [9.17, 15) is 4.79 Å². The zero-order valence-corrected chi connectivity index (χ0v) is 17.0. The number of hydrazine groups is 1. The van der Waals surface area contributed by atoms with E-state index in [0.717, 1.165) is 38.0 Å². The van der Waals surface area contributed by atoms with Crippen molar-refractivity contribution in [1.29, 1.82) is 0 Å². The Morgan fingerprint density at radius 3 is 2.90 bits per heavy atom. The number of carbonyl (C=O) groups is 1. The van der Waals surface area contributed by atoms with Crippen molar-refractivity contribution >= 4 is 23.2 Å². The maximum atomic E-state index is 12.2. The highest BCUT2D eigenvalue weighted by molar-refractivity contribution is 7.80. The third-order valence-electron chi connectivity index (χ3n) is 5.14. The van der Waals surface area contributed by atoms with Gasteiger partial charge in [-0.25, -0.2) is 0 Å². The highest BCUT2D eigenvalue weighted by Gasteiger charge is 2.16. The van der Waals surface area contributed by atoms with Gasteiger partial charge < -0.3 is 19.2 Å². The first kappa shape index (κ1) is 19.7. The summed E-state index contributed by atoms with van der Waals surface area (Å²) in [5.41, 5.74) is 7.96. The molecule has 1 aliphatic carbocycles. The summed E-state index contributed by atoms with van der Waals surface area (Å²) in [5, 5.41) is 3.36. The summed E-state index contributed by atoms with van der Waals surface area (Å²) in [7, 11) is 0. The van der Waals surface area contributed by atoms with E-state index in [1.54, 1.807) is 12.1 Å². The number of aryl methyl sites for hydroxylation is 2. The van der Waals surface area contributed by atoms with Crippen LogP contribution in [0.2, 0.25) is 0 Å². The second-order valence-electron chi connectivity index (χ2n) is 7.26. The van der Waals surface area contributed by atoms with Crippen molar-refractivity contribution in [3.8, 4) is 5.75 Å². The summed E-state index contributed by atoms with van der Waals surface area (Å²) < 4.78 is 16.9. The largest absolute Gasteiger partial charge is 0.486 e. The molecular weight excluding hydrogens is 390 g/mol. The Kier molecular flexibility index (Phi) is 6.31. The molecule has 0 spiro atoms. The van der Waals surface area contributed by atoms with Gasteiger partial charge in [-0.3, -0.25) is 15.6 Å². The van der Waals surface area contributed by atoms with Crippen LogP contribution in [0.5, 0.6) is 5.75 Å². The summed E-state index contributed by atoms with van der Waals surface area (Å²) >= 11 is 5.15. The standard InChI is InChI=1S/C21H25N3O4S/c25-20(23-24-21(29)22-12-17-5-2-10-26-17)19-9-8-18(28-19)13-27-16-7-6-14-3-1-4-15(14)11-16/h6-9,11,17H,1-5,10,12-13H2,(H,23,25)(H2,22,24,29). The van der Waals surface area contributed by atoms with Crippen molar-refractivity contribution < 1.29 is 18.7 Å². The van der Waals surface area contributed by atoms with Gasteiger partial charge >= 0.3 is 5.91 Å². The van der Waals surface area contributed by atoms with Gasteiger partial charge in [-0.1, -0.05) is 6.07 Å². The van der Waals surface area contributed by atoms with Gasteiger partial charge in [-0.2, -0.15) is 0 Å². The predicted molar refractivity (Wildman–Crippen MR) is 112 cm³/mol. The second-order valence-corrected chi connectivity index (χ2v) is 7.67. The molecule has 2 heterocycles. The van der Waals surface area contributed by atoms with Crippen LogP contribution in [-0.4, -0.2) is 30.3 Å². The highest BCUT2D eigenvalue weighted by Crippen LogP contribution is 2.26. The molecule has 154 valence electrons. The molecule has 8 heteroatoms. The van der Waals surface area contributed by atoms with Crippen LogP contribution in [0.4, 0.5) is 0 Å². The number of fused-ring (bicyclic) bond motifs is 1. The number of ether oxygens (including phenoxy) is 2.